The Kier molecular flexibility index (Phi) is 7.86. The first kappa shape index (κ1) is 26.4. The average molecular weight is 519 g/mol. The predicted molar refractivity (Wildman–Crippen MR) is 151 cm³/mol. The van der Waals surface area contributed by atoms with Crippen molar-refractivity contribution in [3.8, 4) is 0 Å². The van der Waals surface area contributed by atoms with Crippen LogP contribution >= 0.6 is 0 Å². The molecule has 0 aliphatic heterocycles. The van der Waals surface area contributed by atoms with Gasteiger partial charge in [0.2, 0.25) is 5.95 Å². The maximum atomic E-state index is 11.7. The number of fused-ring (bicyclic) bond motifs is 1. The predicted octanol–water partition coefficient (Wildman–Crippen LogP) is 7.20. The second-order valence-electron chi connectivity index (χ2n) is 12.3. The van der Waals surface area contributed by atoms with Gasteiger partial charge in [0.15, 0.2) is 5.65 Å². The van der Waals surface area contributed by atoms with Crippen molar-refractivity contribution in [2.75, 3.05) is 11.9 Å². The van der Waals surface area contributed by atoms with Crippen molar-refractivity contribution in [1.29, 1.82) is 0 Å². The zero-order valence-electron chi connectivity index (χ0n) is 23.1. The molecule has 0 saturated heterocycles. The van der Waals surface area contributed by atoms with Gasteiger partial charge in [0.25, 0.3) is 0 Å². The van der Waals surface area contributed by atoms with Crippen molar-refractivity contribution in [2.24, 2.45) is 11.8 Å². The standard InChI is InChI=1S/C30H42N6O2/c1-30(2,3)35(29(37)38)19-21-9-11-22(12-10-21)20-36-27-25(18-32-36)17-31-28(34-27)33-26-15-13-24(14-16-26)23-7-5-4-6-8-23/h13-18,21-23H,4-12,19-20H2,1-3H3,(H,37,38)(H,31,33,34). The van der Waals surface area contributed by atoms with Gasteiger partial charge in [-0.05, 0) is 94.7 Å². The van der Waals surface area contributed by atoms with Crippen LogP contribution in [0.2, 0.25) is 0 Å². The molecule has 0 spiro atoms. The summed E-state index contributed by atoms with van der Waals surface area (Å²) in [6.07, 6.45) is 13.8. The van der Waals surface area contributed by atoms with E-state index in [1.807, 2.05) is 37.8 Å². The van der Waals surface area contributed by atoms with Crippen LogP contribution in [0.25, 0.3) is 11.0 Å². The van der Waals surface area contributed by atoms with E-state index in [4.69, 9.17) is 4.98 Å². The summed E-state index contributed by atoms with van der Waals surface area (Å²) >= 11 is 0. The maximum absolute atomic E-state index is 11.7. The molecule has 2 aromatic heterocycles. The third-order valence-electron chi connectivity index (χ3n) is 8.50. The van der Waals surface area contributed by atoms with Crippen LogP contribution in [0.15, 0.2) is 36.7 Å². The summed E-state index contributed by atoms with van der Waals surface area (Å²) in [5.74, 6) is 2.22. The molecule has 2 aliphatic carbocycles. The summed E-state index contributed by atoms with van der Waals surface area (Å²) in [6, 6.07) is 8.76. The van der Waals surface area contributed by atoms with Crippen molar-refractivity contribution in [1.82, 2.24) is 24.6 Å². The molecule has 38 heavy (non-hydrogen) atoms. The van der Waals surface area contributed by atoms with E-state index in [0.29, 0.717) is 30.2 Å². The molecule has 5 rings (SSSR count). The number of anilines is 2. The van der Waals surface area contributed by atoms with E-state index in [2.05, 4.69) is 39.7 Å². The van der Waals surface area contributed by atoms with Crippen LogP contribution in [-0.4, -0.2) is 47.9 Å². The van der Waals surface area contributed by atoms with Gasteiger partial charge < -0.3 is 15.3 Å². The number of hydrogen-bond donors (Lipinski definition) is 2. The summed E-state index contributed by atoms with van der Waals surface area (Å²) in [4.78, 5) is 22.7. The lowest BCUT2D eigenvalue weighted by Crippen LogP contribution is -2.47. The molecule has 2 heterocycles. The molecule has 1 amide bonds. The Morgan fingerprint density at radius 3 is 2.34 bits per heavy atom. The Morgan fingerprint density at radius 1 is 1.00 bits per heavy atom. The van der Waals surface area contributed by atoms with E-state index in [1.54, 1.807) is 4.90 Å². The minimum Gasteiger partial charge on any atom is -0.465 e. The number of rotatable bonds is 7. The highest BCUT2D eigenvalue weighted by atomic mass is 16.4. The minimum atomic E-state index is -0.827. The topological polar surface area (TPSA) is 96.2 Å². The molecule has 2 aliphatic rings. The SMILES string of the molecule is CC(C)(C)N(CC1CCC(Cn2ncc3cnc(Nc4ccc(C5CCCCC5)cc4)nc32)CC1)C(=O)O. The Balaban J connectivity index is 1.19. The van der Waals surface area contributed by atoms with Crippen molar-refractivity contribution < 1.29 is 9.90 Å². The zero-order valence-corrected chi connectivity index (χ0v) is 23.1. The number of nitrogens with zero attached hydrogens (tertiary/aromatic N) is 5. The van der Waals surface area contributed by atoms with Crippen molar-refractivity contribution in [3.63, 3.8) is 0 Å². The van der Waals surface area contributed by atoms with E-state index in [-0.39, 0.29) is 5.54 Å². The van der Waals surface area contributed by atoms with Crippen molar-refractivity contribution in [2.45, 2.75) is 96.6 Å². The first-order chi connectivity index (χ1) is 18.3. The molecule has 0 atom stereocenters. The summed E-state index contributed by atoms with van der Waals surface area (Å²) < 4.78 is 2.01. The van der Waals surface area contributed by atoms with Gasteiger partial charge in [0.1, 0.15) is 0 Å². The van der Waals surface area contributed by atoms with E-state index in [0.717, 1.165) is 48.9 Å². The lowest BCUT2D eigenvalue weighted by Gasteiger charge is -2.38. The van der Waals surface area contributed by atoms with Gasteiger partial charge in [-0.25, -0.2) is 14.5 Å². The summed E-state index contributed by atoms with van der Waals surface area (Å²) in [7, 11) is 0. The molecule has 2 N–H and O–H groups in total. The van der Waals surface area contributed by atoms with Gasteiger partial charge in [-0.15, -0.1) is 0 Å². The second-order valence-corrected chi connectivity index (χ2v) is 12.3. The molecule has 0 bridgehead atoms. The normalized spacial score (nSPS) is 20.9. The fourth-order valence-electron chi connectivity index (χ4n) is 6.20. The number of benzene rings is 1. The first-order valence-corrected chi connectivity index (χ1v) is 14.3. The summed E-state index contributed by atoms with van der Waals surface area (Å²) in [5.41, 5.74) is 2.92. The van der Waals surface area contributed by atoms with E-state index < -0.39 is 6.09 Å². The third-order valence-corrected chi connectivity index (χ3v) is 8.50. The smallest absolute Gasteiger partial charge is 0.407 e. The number of amides is 1. The number of hydrogen-bond acceptors (Lipinski definition) is 5. The molecular weight excluding hydrogens is 476 g/mol. The van der Waals surface area contributed by atoms with Crippen molar-refractivity contribution >= 4 is 28.8 Å². The largest absolute Gasteiger partial charge is 0.465 e. The Morgan fingerprint density at radius 2 is 1.68 bits per heavy atom. The van der Waals surface area contributed by atoms with Gasteiger partial charge >= 0.3 is 6.09 Å². The van der Waals surface area contributed by atoms with Crippen LogP contribution < -0.4 is 5.32 Å². The molecule has 3 aromatic rings. The quantitative estimate of drug-likeness (QED) is 0.343. The second kappa shape index (κ2) is 11.3. The molecule has 8 nitrogen and oxygen atoms in total. The van der Waals surface area contributed by atoms with Crippen LogP contribution in [-0.2, 0) is 6.54 Å². The Labute approximate surface area is 225 Å². The number of carboxylic acid groups (broad SMARTS) is 1. The fourth-order valence-corrected chi connectivity index (χ4v) is 6.20. The number of nitrogens with one attached hydrogen (secondary N) is 1. The van der Waals surface area contributed by atoms with Gasteiger partial charge in [0.05, 0.1) is 11.6 Å². The van der Waals surface area contributed by atoms with Crippen LogP contribution in [0, 0.1) is 11.8 Å². The van der Waals surface area contributed by atoms with E-state index in [9.17, 15) is 9.90 Å². The van der Waals surface area contributed by atoms with Crippen LogP contribution in [0.4, 0.5) is 16.4 Å². The Bertz CT molecular complexity index is 1220. The fraction of sp³-hybridized carbons (Fsp3) is 0.600. The van der Waals surface area contributed by atoms with Crippen LogP contribution in [0.5, 0.6) is 0 Å². The minimum absolute atomic E-state index is 0.375. The highest BCUT2D eigenvalue weighted by Gasteiger charge is 2.31. The first-order valence-electron chi connectivity index (χ1n) is 14.3. The van der Waals surface area contributed by atoms with Gasteiger partial charge in [-0.2, -0.15) is 10.1 Å². The third kappa shape index (κ3) is 6.27. The summed E-state index contributed by atoms with van der Waals surface area (Å²) in [5, 5.41) is 18.6. The average Bonchev–Trinajstić information content (AvgIpc) is 3.30. The van der Waals surface area contributed by atoms with E-state index in [1.165, 1.54) is 37.7 Å². The molecule has 0 unspecified atom stereocenters. The lowest BCUT2D eigenvalue weighted by molar-refractivity contribution is 0.0789. The van der Waals surface area contributed by atoms with E-state index >= 15 is 0 Å². The molecular formula is C30H42N6O2. The highest BCUT2D eigenvalue weighted by molar-refractivity contribution is 5.75. The monoisotopic (exact) mass is 518 g/mol. The lowest BCUT2D eigenvalue weighted by atomic mass is 9.81. The molecule has 204 valence electrons. The van der Waals surface area contributed by atoms with Crippen LogP contribution in [0.3, 0.4) is 0 Å². The maximum Gasteiger partial charge on any atom is 0.407 e. The van der Waals surface area contributed by atoms with Crippen molar-refractivity contribution in [3.05, 3.63) is 42.2 Å². The molecule has 1 aromatic carbocycles. The van der Waals surface area contributed by atoms with Gasteiger partial charge in [-0.1, -0.05) is 31.4 Å². The van der Waals surface area contributed by atoms with Gasteiger partial charge in [-0.3, -0.25) is 0 Å². The Hall–Kier alpha value is -3.16. The zero-order chi connectivity index (χ0) is 26.7. The highest BCUT2D eigenvalue weighted by Crippen LogP contribution is 2.34. The molecule has 2 saturated carbocycles. The summed E-state index contributed by atoms with van der Waals surface area (Å²) in [6.45, 7) is 7.33. The molecule has 8 heteroatoms. The molecule has 2 fully saturated rings. The van der Waals surface area contributed by atoms with Gasteiger partial charge in [0, 0.05) is 30.5 Å². The number of carbonyl (C=O) groups is 1. The molecule has 0 radical (unpaired) electrons. The number of aromatic nitrogens is 4. The van der Waals surface area contributed by atoms with Crippen LogP contribution in [0.1, 0.15) is 90.0 Å².